The third-order valence-corrected chi connectivity index (χ3v) is 3.22. The Bertz CT molecular complexity index is 784. The van der Waals surface area contributed by atoms with Crippen LogP contribution in [-0.4, -0.2) is 32.0 Å². The molecule has 3 rings (SSSR count). The second kappa shape index (κ2) is 6.30. The van der Waals surface area contributed by atoms with E-state index in [-0.39, 0.29) is 11.7 Å². The maximum Gasteiger partial charge on any atom is 0.252 e. The number of hydrogen-bond donors (Lipinski definition) is 1. The van der Waals surface area contributed by atoms with Crippen molar-refractivity contribution in [1.82, 2.24) is 24.9 Å². The van der Waals surface area contributed by atoms with Crippen molar-refractivity contribution in [1.29, 1.82) is 0 Å². The summed E-state index contributed by atoms with van der Waals surface area (Å²) in [5.74, 6) is 0.00534. The van der Waals surface area contributed by atoms with Gasteiger partial charge in [0, 0.05) is 24.5 Å². The SMILES string of the molecule is O=C(NCCCc1cnc2ncnn2c1)c1ccc(F)cc1. The summed E-state index contributed by atoms with van der Waals surface area (Å²) in [5, 5.41) is 6.83. The summed E-state index contributed by atoms with van der Waals surface area (Å²) in [6, 6.07) is 5.47. The van der Waals surface area contributed by atoms with Crippen LogP contribution in [0.15, 0.2) is 43.0 Å². The number of amides is 1. The van der Waals surface area contributed by atoms with E-state index in [0.29, 0.717) is 17.9 Å². The summed E-state index contributed by atoms with van der Waals surface area (Å²) in [4.78, 5) is 20.0. The van der Waals surface area contributed by atoms with Crippen molar-refractivity contribution < 1.29 is 9.18 Å². The molecular weight excluding hydrogens is 285 g/mol. The molecule has 0 unspecified atom stereocenters. The molecule has 0 bridgehead atoms. The first-order valence-electron chi connectivity index (χ1n) is 6.90. The number of fused-ring (bicyclic) bond motifs is 1. The molecule has 22 heavy (non-hydrogen) atoms. The van der Waals surface area contributed by atoms with Crippen LogP contribution in [0.3, 0.4) is 0 Å². The standard InChI is InChI=1S/C15H14FN5O/c16-13-5-3-12(4-6-13)14(22)17-7-1-2-11-8-18-15-19-10-20-21(15)9-11/h3-6,8-10H,1-2,7H2,(H,17,22). The summed E-state index contributed by atoms with van der Waals surface area (Å²) >= 11 is 0. The Morgan fingerprint density at radius 1 is 1.23 bits per heavy atom. The molecule has 0 radical (unpaired) electrons. The molecule has 0 saturated heterocycles. The first-order valence-corrected chi connectivity index (χ1v) is 6.90. The van der Waals surface area contributed by atoms with Crippen molar-refractivity contribution >= 4 is 11.7 Å². The lowest BCUT2D eigenvalue weighted by molar-refractivity contribution is 0.0953. The first kappa shape index (κ1) is 14.1. The number of carbonyl (C=O) groups excluding carboxylic acids is 1. The smallest absolute Gasteiger partial charge is 0.252 e. The molecule has 0 fully saturated rings. The first-order chi connectivity index (χ1) is 10.7. The van der Waals surface area contributed by atoms with Gasteiger partial charge in [-0.3, -0.25) is 4.79 Å². The van der Waals surface area contributed by atoms with E-state index in [4.69, 9.17) is 0 Å². The zero-order chi connectivity index (χ0) is 15.4. The molecule has 0 spiro atoms. The molecule has 6 nitrogen and oxygen atoms in total. The number of aryl methyl sites for hydroxylation is 1. The molecule has 0 saturated carbocycles. The largest absolute Gasteiger partial charge is 0.352 e. The summed E-state index contributed by atoms with van der Waals surface area (Å²) in [6.07, 6.45) is 6.62. The molecule has 1 N–H and O–H groups in total. The minimum absolute atomic E-state index is 0.204. The van der Waals surface area contributed by atoms with Crippen LogP contribution in [0, 0.1) is 5.82 Å². The predicted octanol–water partition coefficient (Wildman–Crippen LogP) is 1.63. The number of halogens is 1. The monoisotopic (exact) mass is 299 g/mol. The van der Waals surface area contributed by atoms with Gasteiger partial charge in [-0.05, 0) is 42.7 Å². The zero-order valence-electron chi connectivity index (χ0n) is 11.7. The topological polar surface area (TPSA) is 72.2 Å². The van der Waals surface area contributed by atoms with E-state index in [0.717, 1.165) is 18.4 Å². The van der Waals surface area contributed by atoms with Crippen LogP contribution in [-0.2, 0) is 6.42 Å². The molecule has 0 aliphatic rings. The lowest BCUT2D eigenvalue weighted by Gasteiger charge is -2.05. The van der Waals surface area contributed by atoms with Crippen LogP contribution < -0.4 is 5.32 Å². The molecular formula is C15H14FN5O. The zero-order valence-corrected chi connectivity index (χ0v) is 11.7. The molecule has 112 valence electrons. The lowest BCUT2D eigenvalue weighted by Crippen LogP contribution is -2.24. The molecule has 0 atom stereocenters. The van der Waals surface area contributed by atoms with Crippen LogP contribution in [0.25, 0.3) is 5.78 Å². The highest BCUT2D eigenvalue weighted by Gasteiger charge is 2.05. The normalized spacial score (nSPS) is 10.8. The number of aromatic nitrogens is 4. The van der Waals surface area contributed by atoms with Gasteiger partial charge in [0.05, 0.1) is 0 Å². The van der Waals surface area contributed by atoms with Gasteiger partial charge in [0.25, 0.3) is 11.7 Å². The molecule has 3 aromatic rings. The lowest BCUT2D eigenvalue weighted by atomic mass is 10.2. The highest BCUT2D eigenvalue weighted by Crippen LogP contribution is 2.04. The Hall–Kier alpha value is -2.83. The summed E-state index contributed by atoms with van der Waals surface area (Å²) in [6.45, 7) is 0.533. The van der Waals surface area contributed by atoms with E-state index in [9.17, 15) is 9.18 Å². The van der Waals surface area contributed by atoms with Crippen LogP contribution in [0.1, 0.15) is 22.3 Å². The number of hydrogen-bond acceptors (Lipinski definition) is 4. The number of nitrogens with zero attached hydrogens (tertiary/aromatic N) is 4. The van der Waals surface area contributed by atoms with Gasteiger partial charge in [-0.25, -0.2) is 13.9 Å². The van der Waals surface area contributed by atoms with Crippen LogP contribution in [0.5, 0.6) is 0 Å². The van der Waals surface area contributed by atoms with Gasteiger partial charge in [0.1, 0.15) is 12.1 Å². The average molecular weight is 299 g/mol. The Morgan fingerprint density at radius 3 is 2.86 bits per heavy atom. The minimum atomic E-state index is -0.354. The highest BCUT2D eigenvalue weighted by molar-refractivity contribution is 5.94. The highest BCUT2D eigenvalue weighted by atomic mass is 19.1. The second-order valence-corrected chi connectivity index (χ2v) is 4.83. The van der Waals surface area contributed by atoms with Gasteiger partial charge in [-0.15, -0.1) is 0 Å². The molecule has 1 aromatic carbocycles. The van der Waals surface area contributed by atoms with E-state index in [2.05, 4.69) is 20.4 Å². The fourth-order valence-electron chi connectivity index (χ4n) is 2.09. The average Bonchev–Trinajstić information content (AvgIpc) is 2.99. The Kier molecular flexibility index (Phi) is 4.04. The number of nitrogens with one attached hydrogen (secondary N) is 1. The van der Waals surface area contributed by atoms with Gasteiger partial charge in [0.15, 0.2) is 0 Å². The molecule has 0 aliphatic heterocycles. The number of carbonyl (C=O) groups is 1. The Morgan fingerprint density at radius 2 is 2.05 bits per heavy atom. The van der Waals surface area contributed by atoms with Gasteiger partial charge in [-0.2, -0.15) is 10.1 Å². The van der Waals surface area contributed by atoms with E-state index in [1.165, 1.54) is 30.6 Å². The van der Waals surface area contributed by atoms with Crippen molar-refractivity contribution in [2.45, 2.75) is 12.8 Å². The quantitative estimate of drug-likeness (QED) is 0.727. The van der Waals surface area contributed by atoms with E-state index >= 15 is 0 Å². The number of benzene rings is 1. The van der Waals surface area contributed by atoms with Gasteiger partial charge in [-0.1, -0.05) is 0 Å². The van der Waals surface area contributed by atoms with Crippen LogP contribution in [0.2, 0.25) is 0 Å². The Balaban J connectivity index is 1.48. The van der Waals surface area contributed by atoms with E-state index in [1.54, 1.807) is 10.7 Å². The molecule has 7 heteroatoms. The number of rotatable bonds is 5. The van der Waals surface area contributed by atoms with Gasteiger partial charge in [0.2, 0.25) is 0 Å². The molecule has 1 amide bonds. The molecule has 0 aliphatic carbocycles. The third-order valence-electron chi connectivity index (χ3n) is 3.22. The summed E-state index contributed by atoms with van der Waals surface area (Å²) < 4.78 is 14.4. The Labute approximate surface area is 126 Å². The van der Waals surface area contributed by atoms with Gasteiger partial charge < -0.3 is 5.32 Å². The predicted molar refractivity (Wildman–Crippen MR) is 77.8 cm³/mol. The maximum atomic E-state index is 12.8. The third kappa shape index (κ3) is 3.25. The fourth-order valence-corrected chi connectivity index (χ4v) is 2.09. The maximum absolute atomic E-state index is 12.8. The van der Waals surface area contributed by atoms with Crippen molar-refractivity contribution in [3.05, 3.63) is 59.9 Å². The summed E-state index contributed by atoms with van der Waals surface area (Å²) in [5.41, 5.74) is 1.47. The van der Waals surface area contributed by atoms with Gasteiger partial charge >= 0.3 is 0 Å². The van der Waals surface area contributed by atoms with E-state index in [1.807, 2.05) is 6.20 Å². The molecule has 2 heterocycles. The van der Waals surface area contributed by atoms with Crippen molar-refractivity contribution in [2.75, 3.05) is 6.54 Å². The van der Waals surface area contributed by atoms with E-state index < -0.39 is 0 Å². The van der Waals surface area contributed by atoms with Crippen LogP contribution >= 0.6 is 0 Å². The minimum Gasteiger partial charge on any atom is -0.352 e. The van der Waals surface area contributed by atoms with Crippen LogP contribution in [0.4, 0.5) is 4.39 Å². The molecule has 2 aromatic heterocycles. The fraction of sp³-hybridized carbons (Fsp3) is 0.200. The van der Waals surface area contributed by atoms with Crippen molar-refractivity contribution in [3.63, 3.8) is 0 Å². The second-order valence-electron chi connectivity index (χ2n) is 4.83. The van der Waals surface area contributed by atoms with Crippen molar-refractivity contribution in [3.8, 4) is 0 Å². The summed E-state index contributed by atoms with van der Waals surface area (Å²) in [7, 11) is 0. The van der Waals surface area contributed by atoms with Crippen molar-refractivity contribution in [2.24, 2.45) is 0 Å².